The standard InChI is InChI=1S/C37H22N4/c1-2-7-23(8-3-1)36-37-30-22-27(16-18-29(30)32-12-5-13-33(40-36)41(32)37)26-9-4-10-28(21-26)31-19-17-25-15-14-24-11-6-20-38-34(24)35(25)39-31/h1-22H. The predicted molar refractivity (Wildman–Crippen MR) is 168 cm³/mol. The van der Waals surface area contributed by atoms with E-state index in [1.54, 1.807) is 0 Å². The van der Waals surface area contributed by atoms with E-state index in [1.165, 1.54) is 21.9 Å². The lowest BCUT2D eigenvalue weighted by molar-refractivity contribution is 1.31. The van der Waals surface area contributed by atoms with Gasteiger partial charge in [0.1, 0.15) is 5.65 Å². The van der Waals surface area contributed by atoms with E-state index < -0.39 is 0 Å². The van der Waals surface area contributed by atoms with Crippen LogP contribution in [0.2, 0.25) is 0 Å². The van der Waals surface area contributed by atoms with Crippen molar-refractivity contribution in [2.45, 2.75) is 0 Å². The van der Waals surface area contributed by atoms with E-state index in [9.17, 15) is 0 Å². The largest absolute Gasteiger partial charge is 0.292 e. The molecule has 0 aliphatic rings. The molecule has 0 aliphatic heterocycles. The Morgan fingerprint density at radius 2 is 1.27 bits per heavy atom. The van der Waals surface area contributed by atoms with E-state index >= 15 is 0 Å². The van der Waals surface area contributed by atoms with Crippen molar-refractivity contribution in [1.29, 1.82) is 0 Å². The first-order valence-corrected chi connectivity index (χ1v) is 13.8. The summed E-state index contributed by atoms with van der Waals surface area (Å²) in [7, 11) is 0. The number of hydrogen-bond acceptors (Lipinski definition) is 3. The lowest BCUT2D eigenvalue weighted by atomic mass is 9.98. The molecular weight excluding hydrogens is 500 g/mol. The summed E-state index contributed by atoms with van der Waals surface area (Å²) in [5.41, 5.74) is 11.7. The molecule has 0 amide bonds. The van der Waals surface area contributed by atoms with Crippen LogP contribution in [0.15, 0.2) is 134 Å². The first-order chi connectivity index (χ1) is 20.3. The fourth-order valence-corrected chi connectivity index (χ4v) is 6.23. The van der Waals surface area contributed by atoms with Crippen LogP contribution in [0, 0.1) is 0 Å². The molecular formula is C37H22N4. The molecule has 190 valence electrons. The van der Waals surface area contributed by atoms with Crippen molar-refractivity contribution in [3.8, 4) is 33.6 Å². The Balaban J connectivity index is 1.22. The Bertz CT molecular complexity index is 2420. The third-order valence-corrected chi connectivity index (χ3v) is 8.17. The summed E-state index contributed by atoms with van der Waals surface area (Å²) < 4.78 is 2.30. The van der Waals surface area contributed by atoms with Crippen LogP contribution in [0.3, 0.4) is 0 Å². The molecule has 0 bridgehead atoms. The van der Waals surface area contributed by atoms with Gasteiger partial charge in [-0.05, 0) is 47.5 Å². The minimum atomic E-state index is 0.930. The van der Waals surface area contributed by atoms with Gasteiger partial charge >= 0.3 is 0 Å². The van der Waals surface area contributed by atoms with Gasteiger partial charge in [-0.2, -0.15) is 0 Å². The average Bonchev–Trinajstić information content (AvgIpc) is 3.60. The van der Waals surface area contributed by atoms with Gasteiger partial charge in [-0.25, -0.2) is 9.97 Å². The van der Waals surface area contributed by atoms with Gasteiger partial charge in [0, 0.05) is 38.9 Å². The summed E-state index contributed by atoms with van der Waals surface area (Å²) in [5.74, 6) is 0. The molecule has 5 aromatic heterocycles. The zero-order valence-corrected chi connectivity index (χ0v) is 22.0. The van der Waals surface area contributed by atoms with Crippen LogP contribution in [-0.2, 0) is 0 Å². The monoisotopic (exact) mass is 522 g/mol. The van der Waals surface area contributed by atoms with Crippen LogP contribution in [0.5, 0.6) is 0 Å². The number of fused-ring (bicyclic) bond motifs is 6. The van der Waals surface area contributed by atoms with Crippen LogP contribution >= 0.6 is 0 Å². The summed E-state index contributed by atoms with van der Waals surface area (Å²) in [5, 5.41) is 4.64. The molecule has 4 aromatic carbocycles. The van der Waals surface area contributed by atoms with Crippen molar-refractivity contribution in [1.82, 2.24) is 19.4 Å². The van der Waals surface area contributed by atoms with Crippen molar-refractivity contribution >= 4 is 49.3 Å². The first kappa shape index (κ1) is 22.2. The van der Waals surface area contributed by atoms with Gasteiger partial charge in [-0.1, -0.05) is 91.0 Å². The number of imidazole rings is 1. The molecule has 0 radical (unpaired) electrons. The van der Waals surface area contributed by atoms with Crippen LogP contribution < -0.4 is 0 Å². The molecule has 0 unspecified atom stereocenters. The highest BCUT2D eigenvalue weighted by Crippen LogP contribution is 2.39. The van der Waals surface area contributed by atoms with E-state index in [2.05, 4.69) is 125 Å². The highest BCUT2D eigenvalue weighted by atomic mass is 15.0. The predicted octanol–water partition coefficient (Wildman–Crippen LogP) is 9.18. The maximum Gasteiger partial charge on any atom is 0.138 e. The molecule has 4 heteroatoms. The smallest absolute Gasteiger partial charge is 0.138 e. The van der Waals surface area contributed by atoms with E-state index in [0.717, 1.165) is 61.0 Å². The Hall–Kier alpha value is -5.61. The Morgan fingerprint density at radius 3 is 2.20 bits per heavy atom. The Morgan fingerprint density at radius 1 is 0.488 bits per heavy atom. The second kappa shape index (κ2) is 8.44. The second-order valence-electron chi connectivity index (χ2n) is 10.5. The molecule has 0 fully saturated rings. The van der Waals surface area contributed by atoms with E-state index in [1.807, 2.05) is 18.3 Å². The molecule has 41 heavy (non-hydrogen) atoms. The summed E-state index contributed by atoms with van der Waals surface area (Å²) >= 11 is 0. The highest BCUT2D eigenvalue weighted by Gasteiger charge is 2.19. The molecule has 0 aliphatic carbocycles. The van der Waals surface area contributed by atoms with Crippen molar-refractivity contribution in [3.05, 3.63) is 134 Å². The van der Waals surface area contributed by atoms with E-state index in [0.29, 0.717) is 0 Å². The Labute approximate surface area is 235 Å². The van der Waals surface area contributed by atoms with Gasteiger partial charge in [-0.3, -0.25) is 9.38 Å². The third-order valence-electron chi connectivity index (χ3n) is 8.17. The van der Waals surface area contributed by atoms with E-state index in [-0.39, 0.29) is 0 Å². The van der Waals surface area contributed by atoms with Crippen molar-refractivity contribution in [2.24, 2.45) is 0 Å². The minimum absolute atomic E-state index is 0.930. The van der Waals surface area contributed by atoms with Crippen LogP contribution in [0.4, 0.5) is 0 Å². The normalized spacial score (nSPS) is 11.9. The van der Waals surface area contributed by atoms with Crippen molar-refractivity contribution < 1.29 is 0 Å². The number of pyridine rings is 3. The summed E-state index contributed by atoms with van der Waals surface area (Å²) in [6, 6.07) is 44.8. The highest BCUT2D eigenvalue weighted by molar-refractivity contribution is 6.14. The zero-order valence-electron chi connectivity index (χ0n) is 22.0. The van der Waals surface area contributed by atoms with Crippen LogP contribution in [0.1, 0.15) is 0 Å². The number of aromatic nitrogens is 4. The zero-order chi connectivity index (χ0) is 26.9. The maximum absolute atomic E-state index is 5.08. The average molecular weight is 523 g/mol. The molecule has 0 saturated carbocycles. The minimum Gasteiger partial charge on any atom is -0.292 e. The molecule has 0 N–H and O–H groups in total. The molecule has 0 spiro atoms. The van der Waals surface area contributed by atoms with Gasteiger partial charge in [0.2, 0.25) is 0 Å². The fraction of sp³-hybridized carbons (Fsp3) is 0. The molecule has 5 heterocycles. The number of nitrogens with zero attached hydrogens (tertiary/aromatic N) is 4. The van der Waals surface area contributed by atoms with Gasteiger partial charge in [0.15, 0.2) is 0 Å². The molecule has 0 atom stereocenters. The van der Waals surface area contributed by atoms with Crippen molar-refractivity contribution in [3.63, 3.8) is 0 Å². The molecule has 9 rings (SSSR count). The molecule has 9 aromatic rings. The summed E-state index contributed by atoms with van der Waals surface area (Å²) in [4.78, 5) is 14.8. The number of hydrogen-bond donors (Lipinski definition) is 0. The van der Waals surface area contributed by atoms with Gasteiger partial charge < -0.3 is 0 Å². The lowest BCUT2D eigenvalue weighted by Crippen LogP contribution is -1.89. The first-order valence-electron chi connectivity index (χ1n) is 13.8. The molecule has 4 nitrogen and oxygen atoms in total. The lowest BCUT2D eigenvalue weighted by Gasteiger charge is -2.08. The Kier molecular flexibility index (Phi) is 4.58. The number of rotatable bonds is 3. The van der Waals surface area contributed by atoms with Crippen LogP contribution in [0.25, 0.3) is 82.9 Å². The van der Waals surface area contributed by atoms with Crippen LogP contribution in [-0.4, -0.2) is 19.4 Å². The van der Waals surface area contributed by atoms with Crippen molar-refractivity contribution in [2.75, 3.05) is 0 Å². The third kappa shape index (κ3) is 3.31. The van der Waals surface area contributed by atoms with Gasteiger partial charge in [0.25, 0.3) is 0 Å². The summed E-state index contributed by atoms with van der Waals surface area (Å²) in [6.07, 6.45) is 1.83. The van der Waals surface area contributed by atoms with Gasteiger partial charge in [-0.15, -0.1) is 0 Å². The quantitative estimate of drug-likeness (QED) is 0.217. The van der Waals surface area contributed by atoms with Gasteiger partial charge in [0.05, 0.1) is 33.5 Å². The summed E-state index contributed by atoms with van der Waals surface area (Å²) in [6.45, 7) is 0. The molecule has 0 saturated heterocycles. The topological polar surface area (TPSA) is 43.1 Å². The SMILES string of the molecule is c1ccc(-c2nc3cccc4c5ccc(-c6cccc(-c7ccc8ccc9cccnc9c8n7)c6)cc5c2n34)cc1. The fourth-order valence-electron chi connectivity index (χ4n) is 6.23. The van der Waals surface area contributed by atoms with E-state index in [4.69, 9.17) is 9.97 Å². The number of benzene rings is 4. The second-order valence-corrected chi connectivity index (χ2v) is 10.5. The maximum atomic E-state index is 5.08.